The molecule has 4 rings (SSSR count). The van der Waals surface area contributed by atoms with E-state index < -0.39 is 59.8 Å². The summed E-state index contributed by atoms with van der Waals surface area (Å²) < 4.78 is 144. The van der Waals surface area contributed by atoms with Gasteiger partial charge in [-0.2, -0.15) is 8.61 Å². The van der Waals surface area contributed by atoms with Gasteiger partial charge in [-0.15, -0.1) is 26.3 Å². The van der Waals surface area contributed by atoms with Crippen LogP contribution in [0.3, 0.4) is 0 Å². The number of nitrogens with zero attached hydrogens (tertiary/aromatic N) is 2. The van der Waals surface area contributed by atoms with E-state index in [4.69, 9.17) is 4.74 Å². The van der Waals surface area contributed by atoms with Gasteiger partial charge in [0.05, 0.1) is 16.4 Å². The highest BCUT2D eigenvalue weighted by atomic mass is 32.2. The molecule has 2 aromatic rings. The van der Waals surface area contributed by atoms with Crippen LogP contribution >= 0.6 is 0 Å². The van der Waals surface area contributed by atoms with Gasteiger partial charge in [0.25, 0.3) is 0 Å². The lowest BCUT2D eigenvalue weighted by Crippen LogP contribution is -2.55. The lowest BCUT2D eigenvalue weighted by atomic mass is 10.0. The minimum absolute atomic E-state index is 0.0401. The van der Waals surface area contributed by atoms with Crippen LogP contribution in [0.1, 0.15) is 12.8 Å². The molecule has 2 aromatic carbocycles. The molecular weight excluding hydrogens is 570 g/mol. The second-order valence-corrected chi connectivity index (χ2v) is 12.1. The van der Waals surface area contributed by atoms with E-state index in [0.717, 1.165) is 57.1 Å². The summed E-state index contributed by atoms with van der Waals surface area (Å²) in [6, 6.07) is 7.72. The summed E-state index contributed by atoms with van der Waals surface area (Å²) in [4.78, 5) is -0.922. The molecule has 0 aliphatic carbocycles. The molecule has 0 N–H and O–H groups in total. The van der Waals surface area contributed by atoms with Crippen molar-refractivity contribution < 1.29 is 57.4 Å². The highest BCUT2D eigenvalue weighted by Crippen LogP contribution is 2.40. The monoisotopic (exact) mass is 590 g/mol. The predicted molar refractivity (Wildman–Crippen MR) is 117 cm³/mol. The Morgan fingerprint density at radius 1 is 0.737 bits per heavy atom. The van der Waals surface area contributed by atoms with Gasteiger partial charge in [-0.05, 0) is 24.3 Å². The SMILES string of the molecule is O=S(=O)(c1cccc(OC(F)(F)F)c1)N1CCC2(CC1)OCCN2S(=O)(=O)c1cccc(OC(F)(F)F)c1. The number of piperidine rings is 1. The Morgan fingerprint density at radius 2 is 1.21 bits per heavy atom. The third-order valence-corrected chi connectivity index (χ3v) is 9.77. The first kappa shape index (κ1) is 28.4. The van der Waals surface area contributed by atoms with E-state index in [0.29, 0.717) is 0 Å². The number of hydrogen-bond donors (Lipinski definition) is 0. The molecule has 0 radical (unpaired) electrons. The number of sulfonamides is 2. The molecular formula is C21H20F6N2O7S2. The highest BCUT2D eigenvalue weighted by Gasteiger charge is 2.52. The summed E-state index contributed by atoms with van der Waals surface area (Å²) in [6.07, 6.45) is -10.3. The summed E-state index contributed by atoms with van der Waals surface area (Å²) in [5.74, 6) is -1.45. The first-order valence-corrected chi connectivity index (χ1v) is 13.8. The Morgan fingerprint density at radius 3 is 1.68 bits per heavy atom. The fourth-order valence-electron chi connectivity index (χ4n) is 4.34. The maximum absolute atomic E-state index is 13.3. The fourth-order valence-corrected chi connectivity index (χ4v) is 7.58. The second kappa shape index (κ2) is 9.86. The van der Waals surface area contributed by atoms with Crippen LogP contribution < -0.4 is 9.47 Å². The molecule has 0 atom stereocenters. The summed E-state index contributed by atoms with van der Waals surface area (Å²) in [5, 5.41) is 0. The van der Waals surface area contributed by atoms with E-state index in [1.54, 1.807) is 0 Å². The van der Waals surface area contributed by atoms with Crippen molar-refractivity contribution in [1.29, 1.82) is 0 Å². The Hall–Kier alpha value is -2.60. The second-order valence-electron chi connectivity index (χ2n) is 8.32. The molecule has 0 aromatic heterocycles. The lowest BCUT2D eigenvalue weighted by molar-refractivity contribution is -0.275. The van der Waals surface area contributed by atoms with Gasteiger partial charge < -0.3 is 14.2 Å². The Kier molecular flexibility index (Phi) is 7.37. The van der Waals surface area contributed by atoms with Gasteiger partial charge in [0.2, 0.25) is 20.0 Å². The first-order valence-electron chi connectivity index (χ1n) is 10.9. The number of hydrogen-bond acceptors (Lipinski definition) is 7. The van der Waals surface area contributed by atoms with Crippen LogP contribution in [0.5, 0.6) is 11.5 Å². The van der Waals surface area contributed by atoms with Crippen molar-refractivity contribution in [2.75, 3.05) is 26.2 Å². The number of halogens is 6. The number of alkyl halides is 6. The van der Waals surface area contributed by atoms with Crippen molar-refractivity contribution in [2.24, 2.45) is 0 Å². The molecule has 0 unspecified atom stereocenters. The van der Waals surface area contributed by atoms with E-state index in [-0.39, 0.29) is 39.1 Å². The van der Waals surface area contributed by atoms with Crippen LogP contribution in [-0.4, -0.2) is 70.1 Å². The summed E-state index contributed by atoms with van der Waals surface area (Å²) in [7, 11) is -8.66. The van der Waals surface area contributed by atoms with Crippen LogP contribution in [0.25, 0.3) is 0 Å². The average molecular weight is 591 g/mol. The summed E-state index contributed by atoms with van der Waals surface area (Å²) in [6.45, 7) is -0.649. The molecule has 0 saturated carbocycles. The van der Waals surface area contributed by atoms with Crippen LogP contribution in [0.4, 0.5) is 26.3 Å². The summed E-state index contributed by atoms with van der Waals surface area (Å²) in [5.41, 5.74) is -1.47. The highest BCUT2D eigenvalue weighted by molar-refractivity contribution is 7.89. The molecule has 9 nitrogen and oxygen atoms in total. The maximum Gasteiger partial charge on any atom is 0.573 e. The number of rotatable bonds is 6. The molecule has 2 heterocycles. The van der Waals surface area contributed by atoms with Crippen LogP contribution in [0.15, 0.2) is 58.3 Å². The normalized spacial score (nSPS) is 19.5. The van der Waals surface area contributed by atoms with Gasteiger partial charge in [-0.3, -0.25) is 0 Å². The molecule has 210 valence electrons. The molecule has 17 heteroatoms. The smallest absolute Gasteiger partial charge is 0.406 e. The van der Waals surface area contributed by atoms with Gasteiger partial charge in [0, 0.05) is 44.6 Å². The third kappa shape index (κ3) is 6.01. The van der Waals surface area contributed by atoms with Gasteiger partial charge >= 0.3 is 12.7 Å². The molecule has 2 aliphatic rings. The van der Waals surface area contributed by atoms with Gasteiger partial charge in [-0.25, -0.2) is 16.8 Å². The topological polar surface area (TPSA) is 102 Å². The molecule has 0 amide bonds. The van der Waals surface area contributed by atoms with Gasteiger partial charge in [0.15, 0.2) is 0 Å². The van der Waals surface area contributed by atoms with Gasteiger partial charge in [0.1, 0.15) is 17.2 Å². The molecule has 38 heavy (non-hydrogen) atoms. The Labute approximate surface area is 213 Å². The zero-order valence-corrected chi connectivity index (χ0v) is 20.8. The van der Waals surface area contributed by atoms with Crippen molar-refractivity contribution in [1.82, 2.24) is 8.61 Å². The molecule has 1 spiro atoms. The maximum atomic E-state index is 13.3. The van der Waals surface area contributed by atoms with Crippen molar-refractivity contribution in [2.45, 2.75) is 41.1 Å². The standard InChI is InChI=1S/C21H20F6N2O7S2/c22-20(23,24)35-15-3-1-5-17(13-15)37(30,31)28-9-7-19(8-10-28)29(11-12-34-19)38(32,33)18-6-2-4-16(14-18)36-21(25,26)27/h1-6,13-14H,7-12H2. The van der Waals surface area contributed by atoms with Crippen LogP contribution in [0.2, 0.25) is 0 Å². The molecule has 0 bridgehead atoms. The van der Waals surface area contributed by atoms with E-state index in [2.05, 4.69) is 9.47 Å². The van der Waals surface area contributed by atoms with Crippen molar-refractivity contribution >= 4 is 20.0 Å². The van der Waals surface area contributed by atoms with Crippen LogP contribution in [0, 0.1) is 0 Å². The zero-order valence-electron chi connectivity index (χ0n) is 19.2. The van der Waals surface area contributed by atoms with E-state index >= 15 is 0 Å². The fraction of sp³-hybridized carbons (Fsp3) is 0.429. The van der Waals surface area contributed by atoms with Crippen molar-refractivity contribution in [3.63, 3.8) is 0 Å². The average Bonchev–Trinajstić information content (AvgIpc) is 3.21. The van der Waals surface area contributed by atoms with E-state index in [1.165, 1.54) is 0 Å². The first-order chi connectivity index (χ1) is 17.5. The van der Waals surface area contributed by atoms with E-state index in [9.17, 15) is 43.2 Å². The number of ether oxygens (including phenoxy) is 3. The molecule has 2 fully saturated rings. The summed E-state index contributed by atoms with van der Waals surface area (Å²) >= 11 is 0. The third-order valence-electron chi connectivity index (χ3n) is 5.93. The van der Waals surface area contributed by atoms with Crippen molar-refractivity contribution in [3.05, 3.63) is 48.5 Å². The number of benzene rings is 2. The minimum atomic E-state index is -5.03. The predicted octanol–water partition coefficient (Wildman–Crippen LogP) is 3.69. The van der Waals surface area contributed by atoms with Gasteiger partial charge in [-0.1, -0.05) is 12.1 Å². The zero-order chi connectivity index (χ0) is 28.0. The quantitative estimate of drug-likeness (QED) is 0.473. The van der Waals surface area contributed by atoms with Crippen molar-refractivity contribution in [3.8, 4) is 11.5 Å². The molecule has 2 saturated heterocycles. The molecule has 2 aliphatic heterocycles. The minimum Gasteiger partial charge on any atom is -0.406 e. The van der Waals surface area contributed by atoms with Crippen LogP contribution in [-0.2, 0) is 24.8 Å². The Balaban J connectivity index is 1.53. The Bertz CT molecular complexity index is 1390. The largest absolute Gasteiger partial charge is 0.573 e. The lowest BCUT2D eigenvalue weighted by Gasteiger charge is -2.42. The van der Waals surface area contributed by atoms with E-state index in [1.807, 2.05) is 0 Å².